The number of H-pyrrole nitrogens is 1. The van der Waals surface area contributed by atoms with E-state index in [0.717, 1.165) is 33.4 Å². The molecule has 2 N–H and O–H groups in total. The first-order valence-corrected chi connectivity index (χ1v) is 6.19. The van der Waals surface area contributed by atoms with E-state index in [2.05, 4.69) is 25.6 Å². The molecule has 20 heavy (non-hydrogen) atoms. The fourth-order valence-electron chi connectivity index (χ4n) is 2.38. The molecule has 0 saturated carbocycles. The summed E-state index contributed by atoms with van der Waals surface area (Å²) < 4.78 is 5.28. The highest BCUT2D eigenvalue weighted by molar-refractivity contribution is 6.08. The van der Waals surface area contributed by atoms with E-state index in [-0.39, 0.29) is 0 Å². The van der Waals surface area contributed by atoms with Crippen molar-refractivity contribution < 1.29 is 4.74 Å². The van der Waals surface area contributed by atoms with Gasteiger partial charge in [0.15, 0.2) is 5.82 Å². The Hall–Kier alpha value is -2.83. The average Bonchev–Trinajstić information content (AvgIpc) is 3.17. The Morgan fingerprint density at radius 1 is 1.30 bits per heavy atom. The number of methoxy groups -OCH3 is 1. The van der Waals surface area contributed by atoms with Crippen LogP contribution in [0.15, 0.2) is 29.4 Å². The Kier molecular flexibility index (Phi) is 2.26. The zero-order chi connectivity index (χ0) is 13.5. The molecule has 0 fully saturated rings. The van der Waals surface area contributed by atoms with Crippen molar-refractivity contribution in [2.24, 2.45) is 4.99 Å². The smallest absolute Gasteiger partial charge is 0.175 e. The molecule has 0 radical (unpaired) electrons. The van der Waals surface area contributed by atoms with Gasteiger partial charge in [0.25, 0.3) is 0 Å². The van der Waals surface area contributed by atoms with Crippen LogP contribution in [0.3, 0.4) is 0 Å². The highest BCUT2D eigenvalue weighted by atomic mass is 16.5. The van der Waals surface area contributed by atoms with Gasteiger partial charge in [-0.1, -0.05) is 0 Å². The summed E-state index contributed by atoms with van der Waals surface area (Å²) in [6.07, 6.45) is 3.46. The van der Waals surface area contributed by atoms with Crippen LogP contribution < -0.4 is 15.2 Å². The molecule has 3 aromatic rings. The fraction of sp³-hybridized carbons (Fsp3) is 0.154. The lowest BCUT2D eigenvalue weighted by atomic mass is 10.1. The summed E-state index contributed by atoms with van der Waals surface area (Å²) in [5.74, 6) is 1.59. The van der Waals surface area contributed by atoms with Gasteiger partial charge in [-0.25, -0.2) is 9.99 Å². The minimum absolute atomic E-state index is 0.531. The van der Waals surface area contributed by atoms with Crippen LogP contribution >= 0.6 is 0 Å². The largest absolute Gasteiger partial charge is 0.497 e. The summed E-state index contributed by atoms with van der Waals surface area (Å²) in [5, 5.41) is 11.0. The topological polar surface area (TPSA) is 78.4 Å². The molecule has 0 bridgehead atoms. The molecule has 0 unspecified atom stereocenters. The van der Waals surface area contributed by atoms with Crippen molar-refractivity contribution in [3.05, 3.63) is 24.4 Å². The summed E-state index contributed by atoms with van der Waals surface area (Å²) >= 11 is 0. The molecule has 0 atom stereocenters. The maximum absolute atomic E-state index is 5.28. The number of pyridine rings is 1. The van der Waals surface area contributed by atoms with E-state index in [0.29, 0.717) is 6.67 Å². The van der Waals surface area contributed by atoms with E-state index in [1.54, 1.807) is 19.6 Å². The zero-order valence-electron chi connectivity index (χ0n) is 10.8. The quantitative estimate of drug-likeness (QED) is 0.735. The van der Waals surface area contributed by atoms with E-state index in [1.807, 2.05) is 23.2 Å². The molecule has 1 aromatic carbocycles. The lowest BCUT2D eigenvalue weighted by Crippen LogP contribution is -2.32. The lowest BCUT2D eigenvalue weighted by molar-refractivity contribution is 0.415. The first-order valence-electron chi connectivity index (χ1n) is 6.19. The van der Waals surface area contributed by atoms with Gasteiger partial charge in [0, 0.05) is 10.8 Å². The van der Waals surface area contributed by atoms with Gasteiger partial charge in [0.2, 0.25) is 0 Å². The van der Waals surface area contributed by atoms with Gasteiger partial charge < -0.3 is 4.74 Å². The van der Waals surface area contributed by atoms with Gasteiger partial charge in [-0.15, -0.1) is 0 Å². The predicted octanol–water partition coefficient (Wildman–Crippen LogP) is 1.43. The molecular formula is C13H12N6O. The van der Waals surface area contributed by atoms with Gasteiger partial charge in [0.05, 0.1) is 18.8 Å². The monoisotopic (exact) mass is 268 g/mol. The van der Waals surface area contributed by atoms with Gasteiger partial charge in [-0.05, 0) is 18.2 Å². The van der Waals surface area contributed by atoms with Crippen LogP contribution in [-0.4, -0.2) is 35.3 Å². The number of benzene rings is 1. The van der Waals surface area contributed by atoms with E-state index in [4.69, 9.17) is 4.74 Å². The second-order valence-corrected chi connectivity index (χ2v) is 4.49. The molecule has 0 amide bonds. The Morgan fingerprint density at radius 3 is 3.05 bits per heavy atom. The third-order valence-electron chi connectivity index (χ3n) is 3.37. The fourth-order valence-corrected chi connectivity index (χ4v) is 2.38. The second-order valence-electron chi connectivity index (χ2n) is 4.49. The Bertz CT molecular complexity index is 816. The lowest BCUT2D eigenvalue weighted by Gasteiger charge is -2.17. The minimum Gasteiger partial charge on any atom is -0.497 e. The van der Waals surface area contributed by atoms with Crippen LogP contribution in [0.4, 0.5) is 5.82 Å². The molecular weight excluding hydrogens is 256 g/mol. The Morgan fingerprint density at radius 2 is 2.25 bits per heavy atom. The number of nitrogens with one attached hydrogen (secondary N) is 2. The van der Waals surface area contributed by atoms with Crippen molar-refractivity contribution in [1.82, 2.24) is 20.6 Å². The number of hydrogen-bond donors (Lipinski definition) is 2. The van der Waals surface area contributed by atoms with E-state index in [9.17, 15) is 0 Å². The number of ether oxygens (including phenoxy) is 1. The van der Waals surface area contributed by atoms with E-state index < -0.39 is 0 Å². The summed E-state index contributed by atoms with van der Waals surface area (Å²) in [6.45, 7) is 0.531. The normalized spacial score (nSPS) is 14.2. The number of hydrogen-bond acceptors (Lipinski definition) is 6. The molecule has 0 aliphatic carbocycles. The number of fused-ring (bicyclic) bond motifs is 3. The van der Waals surface area contributed by atoms with Crippen molar-refractivity contribution in [2.45, 2.75) is 0 Å². The summed E-state index contributed by atoms with van der Waals surface area (Å²) in [5.41, 5.74) is 4.82. The second kappa shape index (κ2) is 4.09. The van der Waals surface area contributed by atoms with Gasteiger partial charge in [-0.3, -0.25) is 15.5 Å². The molecule has 1 aliphatic heterocycles. The van der Waals surface area contributed by atoms with Crippen molar-refractivity contribution >= 4 is 34.0 Å². The molecule has 2 aromatic heterocycles. The number of aromatic amines is 1. The summed E-state index contributed by atoms with van der Waals surface area (Å²) in [6, 6.07) is 5.82. The molecule has 1 aliphatic rings. The van der Waals surface area contributed by atoms with Crippen molar-refractivity contribution in [3.8, 4) is 5.75 Å². The van der Waals surface area contributed by atoms with Crippen LogP contribution in [-0.2, 0) is 0 Å². The van der Waals surface area contributed by atoms with Crippen LogP contribution in [0.25, 0.3) is 21.8 Å². The standard InChI is InChI=1S/C13H12N6O/c1-20-8-2-3-11-9(4-8)10-5-15-18-12(10)13(17-11)19-7-14-6-16-19/h2-6H,7H2,1H3,(H,14,16)(H,15,18). The van der Waals surface area contributed by atoms with Gasteiger partial charge in [-0.2, -0.15) is 5.10 Å². The maximum atomic E-state index is 5.28. The Labute approximate surface area is 114 Å². The molecule has 7 nitrogen and oxygen atoms in total. The molecule has 4 rings (SSSR count). The first kappa shape index (κ1) is 11.0. The van der Waals surface area contributed by atoms with Gasteiger partial charge in [0.1, 0.15) is 24.3 Å². The SMILES string of the molecule is COc1ccc2nc(N3CN=CN3)c3[nH]ncc3c2c1. The van der Waals surface area contributed by atoms with E-state index >= 15 is 0 Å². The summed E-state index contributed by atoms with van der Waals surface area (Å²) in [4.78, 5) is 8.82. The van der Waals surface area contributed by atoms with Gasteiger partial charge >= 0.3 is 0 Å². The molecule has 0 spiro atoms. The highest BCUT2D eigenvalue weighted by Gasteiger charge is 2.17. The Balaban J connectivity index is 2.02. The van der Waals surface area contributed by atoms with Crippen LogP contribution in [0.1, 0.15) is 0 Å². The number of anilines is 1. The number of rotatable bonds is 2. The average molecular weight is 268 g/mol. The van der Waals surface area contributed by atoms with E-state index in [1.165, 1.54) is 0 Å². The predicted molar refractivity (Wildman–Crippen MR) is 76.9 cm³/mol. The molecule has 3 heterocycles. The van der Waals surface area contributed by atoms with Crippen molar-refractivity contribution in [1.29, 1.82) is 0 Å². The van der Waals surface area contributed by atoms with Crippen LogP contribution in [0.2, 0.25) is 0 Å². The summed E-state index contributed by atoms with van der Waals surface area (Å²) in [7, 11) is 1.65. The van der Waals surface area contributed by atoms with Crippen LogP contribution in [0, 0.1) is 0 Å². The third kappa shape index (κ3) is 1.49. The minimum atomic E-state index is 0.531. The van der Waals surface area contributed by atoms with Crippen LogP contribution in [0.5, 0.6) is 5.75 Å². The molecule has 0 saturated heterocycles. The number of aliphatic imine (C=N–C) groups is 1. The number of hydrazine groups is 1. The zero-order valence-corrected chi connectivity index (χ0v) is 10.8. The third-order valence-corrected chi connectivity index (χ3v) is 3.37. The number of aromatic nitrogens is 3. The molecule has 100 valence electrons. The number of nitrogens with zero attached hydrogens (tertiary/aromatic N) is 4. The highest BCUT2D eigenvalue weighted by Crippen LogP contribution is 2.31. The van der Waals surface area contributed by atoms with Crippen molar-refractivity contribution in [3.63, 3.8) is 0 Å². The maximum Gasteiger partial charge on any atom is 0.175 e. The molecule has 7 heteroatoms. The van der Waals surface area contributed by atoms with Crippen molar-refractivity contribution in [2.75, 3.05) is 18.8 Å². The first-order chi connectivity index (χ1) is 9.86.